The monoisotopic (exact) mass is 524 g/mol. The molecule has 37 heavy (non-hydrogen) atoms. The Morgan fingerprint density at radius 1 is 0.973 bits per heavy atom. The Kier molecular flexibility index (Phi) is 7.75. The van der Waals surface area contributed by atoms with Crippen LogP contribution in [0.2, 0.25) is 0 Å². The summed E-state index contributed by atoms with van der Waals surface area (Å²) in [6.45, 7) is 2.02. The Bertz CT molecular complexity index is 1130. The molecule has 3 aromatic rings. The van der Waals surface area contributed by atoms with Gasteiger partial charge in [0.2, 0.25) is 5.95 Å². The molecule has 1 fully saturated rings. The first-order chi connectivity index (χ1) is 17.5. The SMILES string of the molecule is C[C@@H](OCC1(c2ccccc2)CC[C@H](Nc2ncccn2)CN1)c1cc(C(F)(F)F)cc(C(F)(F)F)c1. The van der Waals surface area contributed by atoms with E-state index in [0.717, 1.165) is 5.56 Å². The van der Waals surface area contributed by atoms with Crippen molar-refractivity contribution in [2.75, 3.05) is 18.5 Å². The van der Waals surface area contributed by atoms with Gasteiger partial charge in [0.15, 0.2) is 0 Å². The summed E-state index contributed by atoms with van der Waals surface area (Å²) >= 11 is 0. The standard InChI is InChI=1S/C26H26F6N4O/c1-17(18-12-20(25(27,28)29)14-21(13-18)26(30,31)32)37-16-24(19-6-3-2-4-7-19)9-8-22(15-35-24)36-23-33-10-5-11-34-23/h2-7,10-14,17,22,35H,8-9,15-16H2,1H3,(H,33,34,36)/t17-,22+,24?/m1/s1. The molecule has 0 saturated carbocycles. The summed E-state index contributed by atoms with van der Waals surface area (Å²) in [4.78, 5) is 8.35. The zero-order valence-corrected chi connectivity index (χ0v) is 19.9. The molecule has 2 heterocycles. The number of aromatic nitrogens is 2. The van der Waals surface area contributed by atoms with Crippen LogP contribution in [-0.4, -0.2) is 29.2 Å². The van der Waals surface area contributed by atoms with Crippen LogP contribution in [0, 0.1) is 0 Å². The van der Waals surface area contributed by atoms with Crippen LogP contribution in [0.4, 0.5) is 32.3 Å². The smallest absolute Gasteiger partial charge is 0.372 e. The molecule has 11 heteroatoms. The van der Waals surface area contributed by atoms with Gasteiger partial charge in [-0.2, -0.15) is 26.3 Å². The summed E-state index contributed by atoms with van der Waals surface area (Å²) in [5.74, 6) is 0.497. The molecule has 1 unspecified atom stereocenters. The van der Waals surface area contributed by atoms with Crippen molar-refractivity contribution in [1.29, 1.82) is 0 Å². The normalized spacial score (nSPS) is 21.4. The van der Waals surface area contributed by atoms with E-state index in [0.29, 0.717) is 37.5 Å². The molecule has 1 aliphatic rings. The second kappa shape index (κ2) is 10.7. The molecular weight excluding hydrogens is 498 g/mol. The highest BCUT2D eigenvalue weighted by molar-refractivity contribution is 5.35. The number of benzene rings is 2. The van der Waals surface area contributed by atoms with Gasteiger partial charge in [0.25, 0.3) is 0 Å². The van der Waals surface area contributed by atoms with Crippen LogP contribution in [0.3, 0.4) is 0 Å². The molecule has 0 aliphatic carbocycles. The van der Waals surface area contributed by atoms with E-state index >= 15 is 0 Å². The van der Waals surface area contributed by atoms with Crippen molar-refractivity contribution in [1.82, 2.24) is 15.3 Å². The van der Waals surface area contributed by atoms with Crippen LogP contribution in [0.1, 0.15) is 48.1 Å². The highest BCUT2D eigenvalue weighted by atomic mass is 19.4. The molecule has 1 saturated heterocycles. The van der Waals surface area contributed by atoms with E-state index in [9.17, 15) is 26.3 Å². The van der Waals surface area contributed by atoms with Crippen molar-refractivity contribution in [3.8, 4) is 0 Å². The molecule has 0 spiro atoms. The van der Waals surface area contributed by atoms with Gasteiger partial charge in [-0.15, -0.1) is 0 Å². The lowest BCUT2D eigenvalue weighted by molar-refractivity contribution is -0.143. The highest BCUT2D eigenvalue weighted by Crippen LogP contribution is 2.39. The molecule has 1 aliphatic heterocycles. The van der Waals surface area contributed by atoms with Crippen LogP contribution in [0.5, 0.6) is 0 Å². The fourth-order valence-electron chi connectivity index (χ4n) is 4.40. The van der Waals surface area contributed by atoms with Gasteiger partial charge in [0.1, 0.15) is 0 Å². The fraction of sp³-hybridized carbons (Fsp3) is 0.385. The molecule has 0 radical (unpaired) electrons. The molecule has 3 atom stereocenters. The van der Waals surface area contributed by atoms with Gasteiger partial charge in [0.05, 0.1) is 29.4 Å². The lowest BCUT2D eigenvalue weighted by atomic mass is 9.81. The molecule has 5 nitrogen and oxygen atoms in total. The summed E-state index contributed by atoms with van der Waals surface area (Å²) in [5.41, 5.74) is -2.69. The van der Waals surface area contributed by atoms with Gasteiger partial charge < -0.3 is 15.4 Å². The van der Waals surface area contributed by atoms with Crippen molar-refractivity contribution in [3.63, 3.8) is 0 Å². The number of rotatable bonds is 7. The van der Waals surface area contributed by atoms with Gasteiger partial charge in [-0.05, 0) is 55.2 Å². The van der Waals surface area contributed by atoms with Crippen molar-refractivity contribution < 1.29 is 31.1 Å². The Balaban J connectivity index is 1.53. The zero-order valence-electron chi connectivity index (χ0n) is 19.9. The molecule has 4 rings (SSSR count). The maximum absolute atomic E-state index is 13.3. The Morgan fingerprint density at radius 3 is 2.14 bits per heavy atom. The van der Waals surface area contributed by atoms with E-state index in [1.165, 1.54) is 6.92 Å². The number of hydrogen-bond acceptors (Lipinski definition) is 5. The number of ether oxygens (including phenoxy) is 1. The van der Waals surface area contributed by atoms with Crippen molar-refractivity contribution >= 4 is 5.95 Å². The number of alkyl halides is 6. The average Bonchev–Trinajstić information content (AvgIpc) is 2.88. The number of piperidine rings is 1. The van der Waals surface area contributed by atoms with Crippen molar-refractivity contribution in [3.05, 3.63) is 89.2 Å². The molecule has 2 aromatic carbocycles. The molecule has 198 valence electrons. The topological polar surface area (TPSA) is 59.1 Å². The third kappa shape index (κ3) is 6.58. The van der Waals surface area contributed by atoms with E-state index < -0.39 is 35.1 Å². The molecule has 2 N–H and O–H groups in total. The van der Waals surface area contributed by atoms with Crippen LogP contribution in [0.25, 0.3) is 0 Å². The van der Waals surface area contributed by atoms with Gasteiger partial charge in [-0.25, -0.2) is 9.97 Å². The van der Waals surface area contributed by atoms with Gasteiger partial charge in [0, 0.05) is 25.0 Å². The maximum atomic E-state index is 13.3. The number of halogens is 6. The summed E-state index contributed by atoms with van der Waals surface area (Å²) in [7, 11) is 0. The number of nitrogens with one attached hydrogen (secondary N) is 2. The summed E-state index contributed by atoms with van der Waals surface area (Å²) in [6, 6.07) is 12.7. The van der Waals surface area contributed by atoms with Gasteiger partial charge >= 0.3 is 12.4 Å². The van der Waals surface area contributed by atoms with Crippen LogP contribution in [0.15, 0.2) is 67.0 Å². The minimum Gasteiger partial charge on any atom is -0.372 e. The third-order valence-corrected chi connectivity index (χ3v) is 6.49. The molecular formula is C26H26F6N4O. The minimum absolute atomic E-state index is 0.0227. The first-order valence-corrected chi connectivity index (χ1v) is 11.7. The van der Waals surface area contributed by atoms with Crippen molar-refractivity contribution in [2.45, 2.75) is 49.8 Å². The number of anilines is 1. The quantitative estimate of drug-likeness (QED) is 0.353. The van der Waals surface area contributed by atoms with Crippen LogP contribution in [-0.2, 0) is 22.6 Å². The first kappa shape index (κ1) is 26.9. The highest BCUT2D eigenvalue weighted by Gasteiger charge is 2.39. The van der Waals surface area contributed by atoms with Gasteiger partial charge in [-0.3, -0.25) is 0 Å². The van der Waals surface area contributed by atoms with E-state index in [1.807, 2.05) is 30.3 Å². The number of nitrogens with zero attached hydrogens (tertiary/aromatic N) is 2. The lowest BCUT2D eigenvalue weighted by Crippen LogP contribution is -2.55. The fourth-order valence-corrected chi connectivity index (χ4v) is 4.40. The summed E-state index contributed by atoms with van der Waals surface area (Å²) in [5, 5.41) is 6.76. The largest absolute Gasteiger partial charge is 0.416 e. The molecule has 1 aromatic heterocycles. The summed E-state index contributed by atoms with van der Waals surface area (Å²) < 4.78 is 85.9. The third-order valence-electron chi connectivity index (χ3n) is 6.49. The second-order valence-corrected chi connectivity index (χ2v) is 9.07. The molecule has 0 bridgehead atoms. The Labute approximate surface area is 210 Å². The van der Waals surface area contributed by atoms with E-state index in [1.54, 1.807) is 18.5 Å². The second-order valence-electron chi connectivity index (χ2n) is 9.07. The van der Waals surface area contributed by atoms with Gasteiger partial charge in [-0.1, -0.05) is 30.3 Å². The maximum Gasteiger partial charge on any atom is 0.416 e. The molecule has 0 amide bonds. The Hall–Kier alpha value is -3.18. The van der Waals surface area contributed by atoms with Crippen LogP contribution >= 0.6 is 0 Å². The lowest BCUT2D eigenvalue weighted by Gasteiger charge is -2.42. The predicted octanol–water partition coefficient (Wildman–Crippen LogP) is 6.35. The minimum atomic E-state index is -4.92. The Morgan fingerprint density at radius 2 is 1.59 bits per heavy atom. The average molecular weight is 525 g/mol. The van der Waals surface area contributed by atoms with Crippen LogP contribution < -0.4 is 10.6 Å². The van der Waals surface area contributed by atoms with E-state index in [4.69, 9.17) is 4.74 Å². The number of hydrogen-bond donors (Lipinski definition) is 2. The van der Waals surface area contributed by atoms with Crippen molar-refractivity contribution in [2.24, 2.45) is 0 Å². The summed E-state index contributed by atoms with van der Waals surface area (Å²) in [6.07, 6.45) is -6.28. The van der Waals surface area contributed by atoms with E-state index in [-0.39, 0.29) is 24.3 Å². The van der Waals surface area contributed by atoms with E-state index in [2.05, 4.69) is 20.6 Å². The first-order valence-electron chi connectivity index (χ1n) is 11.7. The predicted molar refractivity (Wildman–Crippen MR) is 126 cm³/mol. The zero-order chi connectivity index (χ0) is 26.7.